The molecule has 0 spiro atoms. The van der Waals surface area contributed by atoms with Crippen molar-refractivity contribution in [2.24, 2.45) is 0 Å². The molecule has 6 heteroatoms. The van der Waals surface area contributed by atoms with Crippen LogP contribution in [0.5, 0.6) is 5.75 Å². The minimum Gasteiger partial charge on any atom is -0.497 e. The first-order valence-corrected chi connectivity index (χ1v) is 9.34. The highest BCUT2D eigenvalue weighted by atomic mass is 32.2. The number of methoxy groups -OCH3 is 1. The number of carbonyl (C=O) groups excluding carboxylic acids is 1. The second-order valence-corrected chi connectivity index (χ2v) is 7.73. The average Bonchev–Trinajstić information content (AvgIpc) is 3.31. The van der Waals surface area contributed by atoms with E-state index in [1.807, 2.05) is 38.1 Å². The van der Waals surface area contributed by atoms with Crippen LogP contribution >= 0.6 is 11.8 Å². The number of benzene rings is 1. The minimum absolute atomic E-state index is 0.122. The Hall–Kier alpha value is -2.34. The van der Waals surface area contributed by atoms with Crippen LogP contribution in [-0.2, 0) is 4.79 Å². The van der Waals surface area contributed by atoms with Gasteiger partial charge in [-0.3, -0.25) is 10.2 Å². The number of hydrogen-bond donors (Lipinski definition) is 3. The summed E-state index contributed by atoms with van der Waals surface area (Å²) in [4.78, 5) is 13.3. The largest absolute Gasteiger partial charge is 0.497 e. The molecular weight excluding hydrogens is 346 g/mol. The first-order valence-electron chi connectivity index (χ1n) is 8.52. The summed E-state index contributed by atoms with van der Waals surface area (Å²) >= 11 is 1.19. The van der Waals surface area contributed by atoms with Gasteiger partial charge in [-0.05, 0) is 56.0 Å². The van der Waals surface area contributed by atoms with Gasteiger partial charge < -0.3 is 15.5 Å². The van der Waals surface area contributed by atoms with Crippen LogP contribution in [0.25, 0.3) is 0 Å². The number of carbonyl (C=O) groups is 1. The lowest BCUT2D eigenvalue weighted by atomic mass is 10.00. The van der Waals surface area contributed by atoms with Crippen LogP contribution in [0.2, 0.25) is 0 Å². The van der Waals surface area contributed by atoms with Gasteiger partial charge in [0.1, 0.15) is 5.75 Å². The van der Waals surface area contributed by atoms with E-state index in [-0.39, 0.29) is 11.9 Å². The lowest BCUT2D eigenvalue weighted by molar-refractivity contribution is -0.117. The van der Waals surface area contributed by atoms with E-state index in [4.69, 9.17) is 15.6 Å². The van der Waals surface area contributed by atoms with Crippen molar-refractivity contribution in [1.82, 2.24) is 5.32 Å². The van der Waals surface area contributed by atoms with Gasteiger partial charge in [0.2, 0.25) is 0 Å². The molecule has 0 saturated heterocycles. The van der Waals surface area contributed by atoms with Gasteiger partial charge in [-0.15, -0.1) is 0 Å². The molecular formula is C20H23N3O2S. The van der Waals surface area contributed by atoms with Crippen molar-refractivity contribution < 1.29 is 9.53 Å². The van der Waals surface area contributed by atoms with Gasteiger partial charge in [0.25, 0.3) is 5.91 Å². The van der Waals surface area contributed by atoms with Crippen molar-refractivity contribution in [3.63, 3.8) is 0 Å². The van der Waals surface area contributed by atoms with Gasteiger partial charge in [0, 0.05) is 23.2 Å². The third-order valence-corrected chi connectivity index (χ3v) is 6.05. The van der Waals surface area contributed by atoms with Gasteiger partial charge >= 0.3 is 0 Å². The van der Waals surface area contributed by atoms with Crippen LogP contribution in [0.15, 0.2) is 45.9 Å². The minimum atomic E-state index is -0.122. The van der Waals surface area contributed by atoms with E-state index in [1.165, 1.54) is 17.3 Å². The predicted molar refractivity (Wildman–Crippen MR) is 106 cm³/mol. The highest BCUT2D eigenvalue weighted by Crippen LogP contribution is 2.43. The van der Waals surface area contributed by atoms with Crippen molar-refractivity contribution in [1.29, 1.82) is 10.8 Å². The standard InChI is InChI=1S/C20H23N3O2S/c1-10(12(3)21)17-11(2)18(26-19(17)22)20(24)23-16-9-15(16)13-5-7-14(25-4)8-6-13/h5-8,15-16,21-22H,9H2,1-4H3,(H,23,24)/b17-10-,21-12?,22-19?. The van der Waals surface area contributed by atoms with E-state index in [0.717, 1.165) is 28.9 Å². The number of amides is 1. The Morgan fingerprint density at radius 1 is 1.27 bits per heavy atom. The van der Waals surface area contributed by atoms with E-state index >= 15 is 0 Å². The average molecular weight is 369 g/mol. The zero-order chi connectivity index (χ0) is 19.0. The number of nitrogens with one attached hydrogen (secondary N) is 3. The summed E-state index contributed by atoms with van der Waals surface area (Å²) < 4.78 is 5.18. The van der Waals surface area contributed by atoms with Crippen molar-refractivity contribution in [3.8, 4) is 5.75 Å². The fourth-order valence-electron chi connectivity index (χ4n) is 3.18. The zero-order valence-corrected chi connectivity index (χ0v) is 16.2. The van der Waals surface area contributed by atoms with Crippen LogP contribution in [0.4, 0.5) is 0 Å². The smallest absolute Gasteiger partial charge is 0.258 e. The fourth-order valence-corrected chi connectivity index (χ4v) is 4.20. The molecule has 136 valence electrons. The maximum Gasteiger partial charge on any atom is 0.258 e. The Kier molecular flexibility index (Phi) is 5.05. The lowest BCUT2D eigenvalue weighted by Gasteiger charge is -2.07. The molecule has 1 fully saturated rings. The fraction of sp³-hybridized carbons (Fsp3) is 0.350. The van der Waals surface area contributed by atoms with Crippen molar-refractivity contribution in [3.05, 3.63) is 51.5 Å². The first kappa shape index (κ1) is 18.5. The third kappa shape index (κ3) is 3.46. The number of thioether (sulfide) groups is 1. The van der Waals surface area contributed by atoms with E-state index in [1.54, 1.807) is 14.0 Å². The molecule has 1 aromatic rings. The zero-order valence-electron chi connectivity index (χ0n) is 15.4. The molecule has 1 heterocycles. The second kappa shape index (κ2) is 7.11. The van der Waals surface area contributed by atoms with E-state index in [2.05, 4.69) is 5.32 Å². The Bertz CT molecular complexity index is 852. The molecule has 0 bridgehead atoms. The molecule has 2 aliphatic rings. The summed E-state index contributed by atoms with van der Waals surface area (Å²) in [7, 11) is 1.65. The van der Waals surface area contributed by atoms with Gasteiger partial charge in [-0.1, -0.05) is 23.9 Å². The Balaban J connectivity index is 1.70. The molecule has 2 unspecified atom stereocenters. The lowest BCUT2D eigenvalue weighted by Crippen LogP contribution is -2.27. The molecule has 1 saturated carbocycles. The maximum atomic E-state index is 12.7. The molecule has 1 aromatic carbocycles. The molecule has 1 amide bonds. The van der Waals surface area contributed by atoms with Gasteiger partial charge in [-0.2, -0.15) is 0 Å². The molecule has 2 atom stereocenters. The van der Waals surface area contributed by atoms with Gasteiger partial charge in [-0.25, -0.2) is 0 Å². The van der Waals surface area contributed by atoms with E-state index in [0.29, 0.717) is 21.6 Å². The monoisotopic (exact) mass is 369 g/mol. The van der Waals surface area contributed by atoms with E-state index < -0.39 is 0 Å². The van der Waals surface area contributed by atoms with Gasteiger partial charge in [0.05, 0.1) is 17.1 Å². The molecule has 3 rings (SSSR count). The van der Waals surface area contributed by atoms with Crippen molar-refractivity contribution in [2.45, 2.75) is 39.2 Å². The second-order valence-electron chi connectivity index (χ2n) is 6.71. The highest BCUT2D eigenvalue weighted by Gasteiger charge is 2.41. The summed E-state index contributed by atoms with van der Waals surface area (Å²) in [5.74, 6) is 1.04. The summed E-state index contributed by atoms with van der Waals surface area (Å²) in [6.07, 6.45) is 0.924. The molecule has 1 aliphatic heterocycles. The molecule has 0 radical (unpaired) electrons. The summed E-state index contributed by atoms with van der Waals surface area (Å²) in [5, 5.41) is 19.4. The van der Waals surface area contributed by atoms with E-state index in [9.17, 15) is 4.79 Å². The van der Waals surface area contributed by atoms with Crippen LogP contribution in [0.3, 0.4) is 0 Å². The molecule has 1 aliphatic carbocycles. The normalized spacial score (nSPS) is 23.8. The maximum absolute atomic E-state index is 12.7. The van der Waals surface area contributed by atoms with Crippen LogP contribution in [-0.4, -0.2) is 29.8 Å². The number of ether oxygens (including phenoxy) is 1. The Morgan fingerprint density at radius 2 is 1.92 bits per heavy atom. The number of rotatable bonds is 5. The third-order valence-electron chi connectivity index (χ3n) is 4.94. The van der Waals surface area contributed by atoms with Crippen molar-refractivity contribution >= 4 is 28.4 Å². The quantitative estimate of drug-likeness (QED) is 0.685. The number of hydrogen-bond acceptors (Lipinski definition) is 5. The number of allylic oxidation sites excluding steroid dienone is 2. The summed E-state index contributed by atoms with van der Waals surface area (Å²) in [6, 6.07) is 8.08. The topological polar surface area (TPSA) is 86.0 Å². The highest BCUT2D eigenvalue weighted by molar-refractivity contribution is 8.18. The van der Waals surface area contributed by atoms with Gasteiger partial charge in [0.15, 0.2) is 0 Å². The first-order chi connectivity index (χ1) is 12.3. The molecule has 0 aromatic heterocycles. The molecule has 26 heavy (non-hydrogen) atoms. The van der Waals surface area contributed by atoms with Crippen LogP contribution < -0.4 is 10.1 Å². The SMILES string of the molecule is COc1ccc(C2CC2NC(=O)C2=C(C)/C(=C(\C)C(C)=N)C(=N)S2)cc1. The van der Waals surface area contributed by atoms with Crippen LogP contribution in [0, 0.1) is 10.8 Å². The Labute approximate surface area is 157 Å². The summed E-state index contributed by atoms with van der Waals surface area (Å²) in [6.45, 7) is 5.39. The van der Waals surface area contributed by atoms with Crippen molar-refractivity contribution in [2.75, 3.05) is 7.11 Å². The molecule has 5 nitrogen and oxygen atoms in total. The molecule has 3 N–H and O–H groups in total. The Morgan fingerprint density at radius 3 is 2.50 bits per heavy atom. The van der Waals surface area contributed by atoms with Crippen LogP contribution in [0.1, 0.15) is 38.7 Å². The summed E-state index contributed by atoms with van der Waals surface area (Å²) in [5.41, 5.74) is 3.89. The predicted octanol–water partition coefficient (Wildman–Crippen LogP) is 4.02.